The maximum atomic E-state index is 9.47. The lowest BCUT2D eigenvalue weighted by Gasteiger charge is -2.11. The number of ether oxygens (including phenoxy) is 1. The van der Waals surface area contributed by atoms with Crippen molar-refractivity contribution < 1.29 is 4.74 Å². The van der Waals surface area contributed by atoms with Crippen LogP contribution in [0.3, 0.4) is 0 Å². The fraction of sp³-hybridized carbons (Fsp3) is 0.130. The highest BCUT2D eigenvalue weighted by molar-refractivity contribution is 7.98. The van der Waals surface area contributed by atoms with Crippen LogP contribution >= 0.6 is 11.8 Å². The van der Waals surface area contributed by atoms with E-state index in [2.05, 4.69) is 27.2 Å². The molecule has 0 radical (unpaired) electrons. The summed E-state index contributed by atoms with van der Waals surface area (Å²) in [4.78, 5) is 9.24. The lowest BCUT2D eigenvalue weighted by atomic mass is 10.1. The predicted molar refractivity (Wildman–Crippen MR) is 121 cm³/mol. The predicted octanol–water partition coefficient (Wildman–Crippen LogP) is 4.91. The normalized spacial score (nSPS) is 10.6. The first kappa shape index (κ1) is 20.4. The van der Waals surface area contributed by atoms with Crippen LogP contribution in [-0.2, 0) is 0 Å². The van der Waals surface area contributed by atoms with Gasteiger partial charge in [-0.05, 0) is 43.4 Å². The van der Waals surface area contributed by atoms with Crippen molar-refractivity contribution in [2.24, 2.45) is 0 Å². The van der Waals surface area contributed by atoms with E-state index >= 15 is 0 Å². The van der Waals surface area contributed by atoms with E-state index < -0.39 is 0 Å². The maximum Gasteiger partial charge on any atom is 0.225 e. The van der Waals surface area contributed by atoms with Crippen LogP contribution in [0.15, 0.2) is 59.6 Å². The number of aromatic nitrogens is 4. The third-order valence-corrected chi connectivity index (χ3v) is 5.22. The standard InChI is InChI=1S/C23H20N6OS/c1-14-9-15(2)11-17(10-14)30-20-12-19(26-22(27-20)16-7-5-4-6-8-16)29-21(25)18(13-24)23(28-29)31-3/h4-12H,25H2,1-3H3. The summed E-state index contributed by atoms with van der Waals surface area (Å²) >= 11 is 1.35. The van der Waals surface area contributed by atoms with Crippen molar-refractivity contribution in [2.45, 2.75) is 18.9 Å². The van der Waals surface area contributed by atoms with Crippen LogP contribution in [0.25, 0.3) is 17.2 Å². The summed E-state index contributed by atoms with van der Waals surface area (Å²) in [7, 11) is 0. The number of nitrogens with two attached hydrogens (primary N) is 1. The monoisotopic (exact) mass is 428 g/mol. The van der Waals surface area contributed by atoms with E-state index in [1.54, 1.807) is 6.07 Å². The van der Waals surface area contributed by atoms with Crippen LogP contribution in [0.5, 0.6) is 11.6 Å². The molecule has 0 saturated heterocycles. The molecule has 0 atom stereocenters. The number of nitrogen functional groups attached to an aromatic ring is 1. The summed E-state index contributed by atoms with van der Waals surface area (Å²) in [6, 6.07) is 19.3. The Morgan fingerprint density at radius 1 is 1.03 bits per heavy atom. The third kappa shape index (κ3) is 4.22. The smallest absolute Gasteiger partial charge is 0.225 e. The van der Waals surface area contributed by atoms with Gasteiger partial charge in [0.15, 0.2) is 11.6 Å². The molecule has 4 rings (SSSR count). The quantitative estimate of drug-likeness (QED) is 0.450. The number of rotatable bonds is 5. The van der Waals surface area contributed by atoms with Gasteiger partial charge in [0.2, 0.25) is 5.88 Å². The van der Waals surface area contributed by atoms with Gasteiger partial charge in [-0.15, -0.1) is 11.8 Å². The number of benzene rings is 2. The van der Waals surface area contributed by atoms with E-state index in [1.165, 1.54) is 16.4 Å². The molecule has 31 heavy (non-hydrogen) atoms. The lowest BCUT2D eigenvalue weighted by Crippen LogP contribution is -2.07. The first-order valence-electron chi connectivity index (χ1n) is 9.52. The lowest BCUT2D eigenvalue weighted by molar-refractivity contribution is 0.461. The summed E-state index contributed by atoms with van der Waals surface area (Å²) in [6.45, 7) is 4.02. The third-order valence-electron chi connectivity index (χ3n) is 4.55. The van der Waals surface area contributed by atoms with E-state index in [4.69, 9.17) is 10.5 Å². The zero-order valence-corrected chi connectivity index (χ0v) is 18.1. The number of nitrogens with zero attached hydrogens (tertiary/aromatic N) is 5. The van der Waals surface area contributed by atoms with Gasteiger partial charge in [-0.3, -0.25) is 0 Å². The molecule has 0 aliphatic rings. The van der Waals surface area contributed by atoms with Crippen LogP contribution < -0.4 is 10.5 Å². The second-order valence-electron chi connectivity index (χ2n) is 6.97. The molecule has 0 amide bonds. The molecule has 2 aromatic heterocycles. The molecule has 0 saturated carbocycles. The highest BCUT2D eigenvalue weighted by Crippen LogP contribution is 2.30. The first-order chi connectivity index (χ1) is 15.0. The summed E-state index contributed by atoms with van der Waals surface area (Å²) in [5.74, 6) is 2.14. The van der Waals surface area contributed by atoms with E-state index in [9.17, 15) is 5.26 Å². The molecule has 0 fully saturated rings. The number of anilines is 1. The van der Waals surface area contributed by atoms with Crippen LogP contribution in [-0.4, -0.2) is 26.0 Å². The molecule has 0 unspecified atom stereocenters. The number of hydrogen-bond donors (Lipinski definition) is 1. The van der Waals surface area contributed by atoms with Crippen molar-refractivity contribution >= 4 is 17.6 Å². The van der Waals surface area contributed by atoms with E-state index in [0.29, 0.717) is 33.9 Å². The van der Waals surface area contributed by atoms with Crippen molar-refractivity contribution in [1.29, 1.82) is 5.26 Å². The molecule has 0 spiro atoms. The van der Waals surface area contributed by atoms with Gasteiger partial charge in [0.25, 0.3) is 0 Å². The van der Waals surface area contributed by atoms with Gasteiger partial charge >= 0.3 is 0 Å². The molecule has 7 nitrogen and oxygen atoms in total. The maximum absolute atomic E-state index is 9.47. The molecule has 0 bridgehead atoms. The van der Waals surface area contributed by atoms with Gasteiger partial charge in [-0.25, -0.2) is 4.98 Å². The Bertz CT molecular complexity index is 1270. The average Bonchev–Trinajstić information content (AvgIpc) is 3.09. The molecule has 2 N–H and O–H groups in total. The minimum Gasteiger partial charge on any atom is -0.439 e. The molecule has 0 aliphatic heterocycles. The fourth-order valence-electron chi connectivity index (χ4n) is 3.24. The van der Waals surface area contributed by atoms with Crippen molar-refractivity contribution in [1.82, 2.24) is 19.7 Å². The molecular formula is C23H20N6OS. The minimum absolute atomic E-state index is 0.224. The van der Waals surface area contributed by atoms with Gasteiger partial charge in [-0.2, -0.15) is 20.0 Å². The summed E-state index contributed by atoms with van der Waals surface area (Å²) in [6.07, 6.45) is 1.84. The number of thioether (sulfide) groups is 1. The Hall–Kier alpha value is -3.83. The molecule has 154 valence electrons. The van der Waals surface area contributed by atoms with E-state index in [-0.39, 0.29) is 5.82 Å². The summed E-state index contributed by atoms with van der Waals surface area (Å²) in [5, 5.41) is 14.5. The Labute approximate surface area is 184 Å². The molecule has 2 aromatic carbocycles. The summed E-state index contributed by atoms with van der Waals surface area (Å²) in [5.41, 5.74) is 9.54. The Morgan fingerprint density at radius 2 is 1.74 bits per heavy atom. The Morgan fingerprint density at radius 3 is 2.35 bits per heavy atom. The SMILES string of the molecule is CSc1nn(-c2cc(Oc3cc(C)cc(C)c3)nc(-c3ccccc3)n2)c(N)c1C#N. The van der Waals surface area contributed by atoms with E-state index in [0.717, 1.165) is 16.7 Å². The van der Waals surface area contributed by atoms with Crippen molar-refractivity contribution in [3.8, 4) is 34.9 Å². The molecule has 0 aliphatic carbocycles. The second-order valence-corrected chi connectivity index (χ2v) is 7.77. The molecule has 8 heteroatoms. The van der Waals surface area contributed by atoms with Gasteiger partial charge < -0.3 is 10.5 Å². The Balaban J connectivity index is 1.87. The van der Waals surface area contributed by atoms with Crippen LogP contribution in [0.2, 0.25) is 0 Å². The highest BCUT2D eigenvalue weighted by atomic mass is 32.2. The number of aryl methyl sites for hydroxylation is 2. The summed E-state index contributed by atoms with van der Waals surface area (Å²) < 4.78 is 7.54. The number of nitriles is 1. The highest BCUT2D eigenvalue weighted by Gasteiger charge is 2.19. The van der Waals surface area contributed by atoms with Crippen molar-refractivity contribution in [2.75, 3.05) is 12.0 Å². The number of hydrogen-bond acceptors (Lipinski definition) is 7. The largest absolute Gasteiger partial charge is 0.439 e. The van der Waals surface area contributed by atoms with Crippen molar-refractivity contribution in [3.05, 3.63) is 71.3 Å². The minimum atomic E-state index is 0.224. The molecule has 2 heterocycles. The molecular weight excluding hydrogens is 408 g/mol. The fourth-order valence-corrected chi connectivity index (χ4v) is 3.75. The van der Waals surface area contributed by atoms with Gasteiger partial charge in [0.05, 0.1) is 0 Å². The van der Waals surface area contributed by atoms with Gasteiger partial charge in [0.1, 0.15) is 28.2 Å². The van der Waals surface area contributed by atoms with Crippen LogP contribution in [0.1, 0.15) is 16.7 Å². The zero-order valence-electron chi connectivity index (χ0n) is 17.3. The Kier molecular flexibility index (Phi) is 5.60. The molecule has 4 aromatic rings. The van der Waals surface area contributed by atoms with Crippen LogP contribution in [0, 0.1) is 25.2 Å². The van der Waals surface area contributed by atoms with Gasteiger partial charge in [-0.1, -0.05) is 36.4 Å². The van der Waals surface area contributed by atoms with Gasteiger partial charge in [0, 0.05) is 11.6 Å². The first-order valence-corrected chi connectivity index (χ1v) is 10.7. The van der Waals surface area contributed by atoms with Crippen LogP contribution in [0.4, 0.5) is 5.82 Å². The van der Waals surface area contributed by atoms with Crippen molar-refractivity contribution in [3.63, 3.8) is 0 Å². The second kappa shape index (κ2) is 8.50. The van der Waals surface area contributed by atoms with E-state index in [1.807, 2.05) is 62.6 Å². The topological polar surface area (TPSA) is 103 Å². The zero-order chi connectivity index (χ0) is 22.0. The average molecular weight is 429 g/mol.